The number of benzene rings is 7. The molecule has 0 radical (unpaired) electrons. The van der Waals surface area contributed by atoms with Crippen molar-refractivity contribution < 1.29 is 4.42 Å². The number of rotatable bonds is 3. The molecule has 7 aromatic carbocycles. The van der Waals surface area contributed by atoms with E-state index >= 15 is 0 Å². The molecule has 0 unspecified atom stereocenters. The summed E-state index contributed by atoms with van der Waals surface area (Å²) in [6.07, 6.45) is 0. The molecule has 240 valence electrons. The summed E-state index contributed by atoms with van der Waals surface area (Å²) >= 11 is 0. The van der Waals surface area contributed by atoms with Gasteiger partial charge in [0.25, 0.3) is 0 Å². The van der Waals surface area contributed by atoms with Gasteiger partial charge in [-0.05, 0) is 69.4 Å². The number of hydrogen-bond acceptors (Lipinski definition) is 4. The van der Waals surface area contributed by atoms with Gasteiger partial charge in [0.05, 0.1) is 11.0 Å². The van der Waals surface area contributed by atoms with E-state index < -0.39 is 0 Å². The van der Waals surface area contributed by atoms with Crippen molar-refractivity contribution in [3.63, 3.8) is 0 Å². The maximum atomic E-state index is 6.47. The second-order valence-corrected chi connectivity index (χ2v) is 14.1. The predicted octanol–water partition coefficient (Wildman–Crippen LogP) is 11.7. The molecule has 3 aromatic heterocycles. The van der Waals surface area contributed by atoms with Gasteiger partial charge in [-0.3, -0.25) is 4.57 Å². The zero-order valence-corrected chi connectivity index (χ0v) is 28.1. The number of aromatic nitrogens is 4. The maximum absolute atomic E-state index is 6.47. The fraction of sp³-hybridized carbons (Fsp3) is 0.0652. The molecule has 0 spiro atoms. The minimum Gasteiger partial charge on any atom is -0.456 e. The molecular formula is C46H30N4O. The average Bonchev–Trinajstić information content (AvgIpc) is 3.79. The summed E-state index contributed by atoms with van der Waals surface area (Å²) in [4.78, 5) is 15.5. The smallest absolute Gasteiger partial charge is 0.238 e. The summed E-state index contributed by atoms with van der Waals surface area (Å²) in [6, 6.07) is 51.2. The van der Waals surface area contributed by atoms with Gasteiger partial charge in [0.1, 0.15) is 11.2 Å². The number of fused-ring (bicyclic) bond motifs is 11. The van der Waals surface area contributed by atoms with Crippen LogP contribution in [0.15, 0.2) is 150 Å². The molecule has 0 saturated carbocycles. The lowest BCUT2D eigenvalue weighted by Crippen LogP contribution is -2.15. The van der Waals surface area contributed by atoms with Crippen LogP contribution in [0.3, 0.4) is 0 Å². The number of nitrogens with zero attached hydrogens (tertiary/aromatic N) is 4. The van der Waals surface area contributed by atoms with E-state index in [4.69, 9.17) is 19.4 Å². The van der Waals surface area contributed by atoms with Crippen molar-refractivity contribution in [2.45, 2.75) is 19.3 Å². The van der Waals surface area contributed by atoms with Gasteiger partial charge in [-0.2, -0.15) is 9.97 Å². The first-order valence-corrected chi connectivity index (χ1v) is 17.4. The lowest BCUT2D eigenvalue weighted by Gasteiger charge is -2.21. The van der Waals surface area contributed by atoms with Gasteiger partial charge in [-0.1, -0.05) is 123 Å². The third-order valence-electron chi connectivity index (χ3n) is 10.9. The van der Waals surface area contributed by atoms with E-state index in [1.165, 1.54) is 38.4 Å². The molecule has 0 bridgehead atoms. The summed E-state index contributed by atoms with van der Waals surface area (Å²) in [5.41, 5.74) is 10.7. The Morgan fingerprint density at radius 2 is 1.24 bits per heavy atom. The van der Waals surface area contributed by atoms with Crippen molar-refractivity contribution in [2.75, 3.05) is 0 Å². The minimum absolute atomic E-state index is 0.145. The van der Waals surface area contributed by atoms with Crippen LogP contribution < -0.4 is 0 Å². The SMILES string of the molecule is CC1(C)c2ccccc2-c2cc3c4ccccc4n(-c4nc(-c5ccccc5)nc(-c5ccc6c(c5)oc5ccc7ccccc7c56)n4)c3cc21. The van der Waals surface area contributed by atoms with Crippen LogP contribution in [0.5, 0.6) is 0 Å². The lowest BCUT2D eigenvalue weighted by atomic mass is 9.82. The van der Waals surface area contributed by atoms with Crippen molar-refractivity contribution in [1.29, 1.82) is 0 Å². The van der Waals surface area contributed by atoms with Crippen molar-refractivity contribution in [3.8, 4) is 39.9 Å². The average molecular weight is 655 g/mol. The molecular weight excluding hydrogens is 625 g/mol. The molecule has 3 heterocycles. The van der Waals surface area contributed by atoms with E-state index in [0.717, 1.165) is 49.5 Å². The highest BCUT2D eigenvalue weighted by Gasteiger charge is 2.36. The van der Waals surface area contributed by atoms with Crippen LogP contribution in [-0.4, -0.2) is 19.5 Å². The van der Waals surface area contributed by atoms with Crippen LogP contribution in [0.1, 0.15) is 25.0 Å². The summed E-state index contributed by atoms with van der Waals surface area (Å²) in [5.74, 6) is 1.78. The molecule has 0 saturated heterocycles. The van der Waals surface area contributed by atoms with Gasteiger partial charge in [-0.15, -0.1) is 0 Å². The first-order valence-electron chi connectivity index (χ1n) is 17.4. The van der Waals surface area contributed by atoms with Crippen LogP contribution in [0.4, 0.5) is 0 Å². The van der Waals surface area contributed by atoms with Crippen LogP contribution in [0.25, 0.3) is 94.4 Å². The minimum atomic E-state index is -0.145. The Morgan fingerprint density at radius 3 is 2.12 bits per heavy atom. The van der Waals surface area contributed by atoms with Gasteiger partial charge in [0.15, 0.2) is 11.6 Å². The Morgan fingerprint density at radius 1 is 0.490 bits per heavy atom. The zero-order valence-electron chi connectivity index (χ0n) is 28.1. The predicted molar refractivity (Wildman–Crippen MR) is 207 cm³/mol. The molecule has 10 aromatic rings. The van der Waals surface area contributed by atoms with E-state index in [0.29, 0.717) is 17.6 Å². The molecule has 5 heteroatoms. The van der Waals surface area contributed by atoms with Crippen molar-refractivity contribution in [3.05, 3.63) is 157 Å². The number of hydrogen-bond donors (Lipinski definition) is 0. The number of para-hydroxylation sites is 1. The van der Waals surface area contributed by atoms with Crippen molar-refractivity contribution in [2.24, 2.45) is 0 Å². The third-order valence-corrected chi connectivity index (χ3v) is 10.9. The normalized spacial score (nSPS) is 13.5. The van der Waals surface area contributed by atoms with Gasteiger partial charge >= 0.3 is 0 Å². The van der Waals surface area contributed by atoms with E-state index in [1.807, 2.05) is 18.2 Å². The highest BCUT2D eigenvalue weighted by Crippen LogP contribution is 2.51. The Kier molecular flexibility index (Phi) is 5.66. The topological polar surface area (TPSA) is 56.7 Å². The fourth-order valence-corrected chi connectivity index (χ4v) is 8.37. The molecule has 0 N–H and O–H groups in total. The molecule has 0 fully saturated rings. The van der Waals surface area contributed by atoms with Crippen LogP contribution >= 0.6 is 0 Å². The second kappa shape index (κ2) is 10.2. The number of furan rings is 1. The van der Waals surface area contributed by atoms with Crippen molar-refractivity contribution >= 4 is 54.5 Å². The highest BCUT2D eigenvalue weighted by atomic mass is 16.3. The Bertz CT molecular complexity index is 3060. The summed E-state index contributed by atoms with van der Waals surface area (Å²) in [7, 11) is 0. The van der Waals surface area contributed by atoms with E-state index in [-0.39, 0.29) is 5.41 Å². The van der Waals surface area contributed by atoms with Gasteiger partial charge in [-0.25, -0.2) is 4.98 Å². The summed E-state index contributed by atoms with van der Waals surface area (Å²) in [5, 5.41) is 6.91. The maximum Gasteiger partial charge on any atom is 0.238 e. The van der Waals surface area contributed by atoms with Gasteiger partial charge in [0, 0.05) is 38.1 Å². The van der Waals surface area contributed by atoms with Crippen LogP contribution in [-0.2, 0) is 5.41 Å². The third kappa shape index (κ3) is 4.00. The molecule has 11 rings (SSSR count). The standard InChI is InChI=1S/C46H30N4O/c1-46(2)36-18-10-8-16-31(36)34-25-35-32-17-9-11-19-38(32)50(39(35)26-37(34)46)45-48-43(28-13-4-3-5-14-28)47-44(49-45)29-20-22-33-41(24-29)51-40-23-21-27-12-6-7-15-30(27)42(33)40/h3-26H,1-2H3. The molecule has 1 aliphatic rings. The van der Waals surface area contributed by atoms with E-state index in [2.05, 4.69) is 146 Å². The largest absolute Gasteiger partial charge is 0.456 e. The summed E-state index contributed by atoms with van der Waals surface area (Å²) < 4.78 is 8.68. The molecule has 0 aliphatic heterocycles. The lowest BCUT2D eigenvalue weighted by molar-refractivity contribution is 0.661. The van der Waals surface area contributed by atoms with Gasteiger partial charge < -0.3 is 4.42 Å². The summed E-state index contributed by atoms with van der Waals surface area (Å²) in [6.45, 7) is 4.64. The molecule has 1 aliphatic carbocycles. The Hall–Kier alpha value is -6.59. The Balaban J connectivity index is 1.17. The van der Waals surface area contributed by atoms with Crippen LogP contribution in [0.2, 0.25) is 0 Å². The monoisotopic (exact) mass is 654 g/mol. The first-order chi connectivity index (χ1) is 25.0. The molecule has 51 heavy (non-hydrogen) atoms. The first kappa shape index (κ1) is 28.3. The van der Waals surface area contributed by atoms with Gasteiger partial charge in [0.2, 0.25) is 5.95 Å². The molecule has 5 nitrogen and oxygen atoms in total. The second-order valence-electron chi connectivity index (χ2n) is 14.1. The molecule has 0 amide bonds. The highest BCUT2D eigenvalue weighted by molar-refractivity contribution is 6.19. The van der Waals surface area contributed by atoms with E-state index in [1.54, 1.807) is 0 Å². The molecule has 0 atom stereocenters. The van der Waals surface area contributed by atoms with E-state index in [9.17, 15) is 0 Å². The fourth-order valence-electron chi connectivity index (χ4n) is 8.37. The Labute approximate surface area is 293 Å². The van der Waals surface area contributed by atoms with Crippen molar-refractivity contribution in [1.82, 2.24) is 19.5 Å². The van der Waals surface area contributed by atoms with Crippen LogP contribution in [0, 0.1) is 0 Å². The zero-order chi connectivity index (χ0) is 33.8. The quantitative estimate of drug-likeness (QED) is 0.190.